The number of amides is 1. The van der Waals surface area contributed by atoms with E-state index in [1.807, 2.05) is 19.9 Å². The van der Waals surface area contributed by atoms with Gasteiger partial charge < -0.3 is 4.74 Å². The fraction of sp³-hybridized carbons (Fsp3) is 0.200. The summed E-state index contributed by atoms with van der Waals surface area (Å²) in [5.41, 5.74) is 7.47. The van der Waals surface area contributed by atoms with Crippen LogP contribution in [0.2, 0.25) is 0 Å². The number of para-hydroxylation sites is 1. The van der Waals surface area contributed by atoms with E-state index in [0.717, 1.165) is 16.7 Å². The molecule has 0 fully saturated rings. The highest BCUT2D eigenvalue weighted by Crippen LogP contribution is 2.18. The van der Waals surface area contributed by atoms with E-state index in [4.69, 9.17) is 4.74 Å². The van der Waals surface area contributed by atoms with Crippen LogP contribution in [0.1, 0.15) is 32.6 Å². The van der Waals surface area contributed by atoms with Gasteiger partial charge >= 0.3 is 0 Å². The van der Waals surface area contributed by atoms with Crippen LogP contribution in [-0.2, 0) is 0 Å². The molecule has 0 heterocycles. The molecule has 4 heteroatoms. The zero-order valence-electron chi connectivity index (χ0n) is 14.3. The van der Waals surface area contributed by atoms with E-state index in [-0.39, 0.29) is 5.91 Å². The highest BCUT2D eigenvalue weighted by Gasteiger charge is 2.11. The van der Waals surface area contributed by atoms with Crippen molar-refractivity contribution < 1.29 is 9.53 Å². The van der Waals surface area contributed by atoms with Crippen LogP contribution in [-0.4, -0.2) is 18.7 Å². The number of hydrogen-bond acceptors (Lipinski definition) is 3. The Bertz CT molecular complexity index is 756. The lowest BCUT2D eigenvalue weighted by Crippen LogP contribution is -2.19. The number of carbonyl (C=O) groups is 1. The number of rotatable bonds is 6. The van der Waals surface area contributed by atoms with Gasteiger partial charge in [-0.1, -0.05) is 42.5 Å². The molecule has 2 aromatic carbocycles. The predicted octanol–water partition coefficient (Wildman–Crippen LogP) is 3.94. The van der Waals surface area contributed by atoms with Gasteiger partial charge in [-0.05, 0) is 44.0 Å². The number of aryl methyl sites for hydroxylation is 3. The topological polar surface area (TPSA) is 50.7 Å². The van der Waals surface area contributed by atoms with Gasteiger partial charge in [0.25, 0.3) is 5.91 Å². The molecule has 1 amide bonds. The highest BCUT2D eigenvalue weighted by atomic mass is 16.5. The first-order chi connectivity index (χ1) is 11.5. The van der Waals surface area contributed by atoms with Crippen molar-refractivity contribution in [3.05, 3.63) is 76.9 Å². The van der Waals surface area contributed by atoms with Crippen LogP contribution in [0.3, 0.4) is 0 Å². The Morgan fingerprint density at radius 2 is 1.88 bits per heavy atom. The fourth-order valence-electron chi connectivity index (χ4n) is 2.54. The molecule has 0 radical (unpaired) electrons. The smallest absolute Gasteiger partial charge is 0.275 e. The number of hydrazone groups is 1. The summed E-state index contributed by atoms with van der Waals surface area (Å²) in [5.74, 6) is 0.195. The predicted molar refractivity (Wildman–Crippen MR) is 97.8 cm³/mol. The van der Waals surface area contributed by atoms with E-state index >= 15 is 0 Å². The third-order valence-electron chi connectivity index (χ3n) is 3.59. The summed E-state index contributed by atoms with van der Waals surface area (Å²) < 4.78 is 5.49. The van der Waals surface area contributed by atoms with Gasteiger partial charge in [-0.25, -0.2) is 5.43 Å². The molecule has 0 saturated heterocycles. The molecule has 0 aliphatic carbocycles. The number of nitrogens with one attached hydrogen (secondary N) is 1. The van der Waals surface area contributed by atoms with Crippen molar-refractivity contribution in [2.24, 2.45) is 5.10 Å². The average molecular weight is 322 g/mol. The molecule has 24 heavy (non-hydrogen) atoms. The summed E-state index contributed by atoms with van der Waals surface area (Å²) in [7, 11) is 0. The third kappa shape index (κ3) is 4.32. The lowest BCUT2D eigenvalue weighted by Gasteiger charge is -2.09. The van der Waals surface area contributed by atoms with Crippen LogP contribution in [0.25, 0.3) is 0 Å². The van der Waals surface area contributed by atoms with Crippen LogP contribution >= 0.6 is 0 Å². The first kappa shape index (κ1) is 17.5. The number of nitrogens with zero attached hydrogens (tertiary/aromatic N) is 1. The quantitative estimate of drug-likeness (QED) is 0.497. The van der Waals surface area contributed by atoms with Gasteiger partial charge in [-0.15, -0.1) is 0 Å². The van der Waals surface area contributed by atoms with Gasteiger partial charge in [-0.2, -0.15) is 5.10 Å². The first-order valence-corrected chi connectivity index (χ1v) is 7.77. The van der Waals surface area contributed by atoms with Crippen LogP contribution in [0, 0.1) is 20.8 Å². The molecule has 124 valence electrons. The van der Waals surface area contributed by atoms with Gasteiger partial charge in [-0.3, -0.25) is 4.79 Å². The molecule has 0 aromatic heterocycles. The Morgan fingerprint density at radius 3 is 2.54 bits per heavy atom. The number of ether oxygens (including phenoxy) is 1. The molecule has 0 spiro atoms. The first-order valence-electron chi connectivity index (χ1n) is 7.77. The second-order valence-electron chi connectivity index (χ2n) is 5.61. The van der Waals surface area contributed by atoms with Crippen molar-refractivity contribution in [3.8, 4) is 5.75 Å². The normalized spacial score (nSPS) is 10.6. The molecule has 2 rings (SSSR count). The standard InChI is InChI=1S/C20H22N2O2/c1-5-10-24-19-9-7-6-8-17(19)20(23)22-21-13-18-15(3)11-14(2)12-16(18)4/h5-9,11-13H,1,10H2,2-4H3,(H,22,23)/b21-13+. The van der Waals surface area contributed by atoms with E-state index in [9.17, 15) is 4.79 Å². The SMILES string of the molecule is C=CCOc1ccccc1C(=O)N/N=C/c1c(C)cc(C)cc1C. The largest absolute Gasteiger partial charge is 0.489 e. The maximum Gasteiger partial charge on any atom is 0.275 e. The second kappa shape index (κ2) is 8.11. The van der Waals surface area contributed by atoms with Gasteiger partial charge in [0.15, 0.2) is 0 Å². The Balaban J connectivity index is 2.13. The zero-order chi connectivity index (χ0) is 17.5. The maximum atomic E-state index is 12.3. The number of benzene rings is 2. The summed E-state index contributed by atoms with van der Waals surface area (Å²) in [6.07, 6.45) is 3.31. The molecule has 4 nitrogen and oxygen atoms in total. The minimum Gasteiger partial charge on any atom is -0.489 e. The second-order valence-corrected chi connectivity index (χ2v) is 5.61. The molecule has 0 saturated carbocycles. The van der Waals surface area contributed by atoms with Gasteiger partial charge in [0, 0.05) is 5.56 Å². The van der Waals surface area contributed by atoms with E-state index in [1.54, 1.807) is 30.5 Å². The van der Waals surface area contributed by atoms with Crippen molar-refractivity contribution in [1.29, 1.82) is 0 Å². The monoisotopic (exact) mass is 322 g/mol. The van der Waals surface area contributed by atoms with Gasteiger partial charge in [0.05, 0.1) is 11.8 Å². The summed E-state index contributed by atoms with van der Waals surface area (Å²) in [6.45, 7) is 10.1. The Morgan fingerprint density at radius 1 is 1.21 bits per heavy atom. The van der Waals surface area contributed by atoms with Crippen molar-refractivity contribution in [3.63, 3.8) is 0 Å². The average Bonchev–Trinajstić information content (AvgIpc) is 2.55. The van der Waals surface area contributed by atoms with Crippen LogP contribution in [0.15, 0.2) is 54.2 Å². The fourth-order valence-corrected chi connectivity index (χ4v) is 2.54. The molecule has 1 N–H and O–H groups in total. The molecule has 0 aliphatic heterocycles. The van der Waals surface area contributed by atoms with Crippen LogP contribution < -0.4 is 10.2 Å². The minimum absolute atomic E-state index is 0.312. The Labute approximate surface area is 142 Å². The van der Waals surface area contributed by atoms with Crippen molar-refractivity contribution in [2.45, 2.75) is 20.8 Å². The van der Waals surface area contributed by atoms with Gasteiger partial charge in [0.1, 0.15) is 12.4 Å². The highest BCUT2D eigenvalue weighted by molar-refractivity contribution is 5.97. The van der Waals surface area contributed by atoms with Crippen molar-refractivity contribution in [2.75, 3.05) is 6.61 Å². The minimum atomic E-state index is -0.312. The molecule has 2 aromatic rings. The third-order valence-corrected chi connectivity index (χ3v) is 3.59. The van der Waals surface area contributed by atoms with Crippen LogP contribution in [0.4, 0.5) is 0 Å². The van der Waals surface area contributed by atoms with E-state index in [1.165, 1.54) is 5.56 Å². The Kier molecular flexibility index (Phi) is 5.90. The number of carbonyl (C=O) groups excluding carboxylic acids is 1. The molecule has 0 aliphatic rings. The molecular formula is C20H22N2O2. The molecule has 0 unspecified atom stereocenters. The van der Waals surface area contributed by atoms with Crippen molar-refractivity contribution >= 4 is 12.1 Å². The summed E-state index contributed by atoms with van der Waals surface area (Å²) in [4.78, 5) is 12.3. The molecule has 0 bridgehead atoms. The van der Waals surface area contributed by atoms with E-state index < -0.39 is 0 Å². The summed E-state index contributed by atoms with van der Waals surface area (Å²) in [5, 5.41) is 4.09. The number of hydrogen-bond donors (Lipinski definition) is 1. The summed E-state index contributed by atoms with van der Waals surface area (Å²) in [6, 6.07) is 11.2. The zero-order valence-corrected chi connectivity index (χ0v) is 14.3. The van der Waals surface area contributed by atoms with Crippen molar-refractivity contribution in [1.82, 2.24) is 5.43 Å². The van der Waals surface area contributed by atoms with Gasteiger partial charge in [0.2, 0.25) is 0 Å². The Hall–Kier alpha value is -2.88. The molecule has 0 atom stereocenters. The van der Waals surface area contributed by atoms with Crippen LogP contribution in [0.5, 0.6) is 5.75 Å². The molecular weight excluding hydrogens is 300 g/mol. The lowest BCUT2D eigenvalue weighted by atomic mass is 10.0. The van der Waals surface area contributed by atoms with E-state index in [0.29, 0.717) is 17.9 Å². The lowest BCUT2D eigenvalue weighted by molar-refractivity contribution is 0.0951. The van der Waals surface area contributed by atoms with E-state index in [2.05, 4.69) is 36.2 Å². The summed E-state index contributed by atoms with van der Waals surface area (Å²) >= 11 is 0. The maximum absolute atomic E-state index is 12.3.